The number of hydrogen-bond acceptors (Lipinski definition) is 4. The van der Waals surface area contributed by atoms with Crippen molar-refractivity contribution in [2.24, 2.45) is 0 Å². The average molecular weight is 330 g/mol. The fourth-order valence-corrected chi connectivity index (χ4v) is 3.23. The number of aryl methyl sites for hydroxylation is 1. The van der Waals surface area contributed by atoms with Crippen molar-refractivity contribution in [2.45, 2.75) is 25.5 Å². The van der Waals surface area contributed by atoms with Crippen LogP contribution in [0.25, 0.3) is 0 Å². The Bertz CT molecular complexity index is 695. The van der Waals surface area contributed by atoms with Gasteiger partial charge < -0.3 is 9.84 Å². The van der Waals surface area contributed by atoms with Crippen molar-refractivity contribution in [1.29, 1.82) is 0 Å². The first-order chi connectivity index (χ1) is 11.6. The topological polar surface area (TPSA) is 45.6 Å². The Morgan fingerprint density at radius 1 is 1.33 bits per heavy atom. The molecule has 0 saturated carbocycles. The van der Waals surface area contributed by atoms with Gasteiger partial charge in [0.15, 0.2) is 0 Å². The maximum atomic E-state index is 13.4. The number of nitrogens with zero attached hydrogens (tertiary/aromatic N) is 2. The van der Waals surface area contributed by atoms with Crippen molar-refractivity contribution in [3.05, 3.63) is 65.2 Å². The van der Waals surface area contributed by atoms with Gasteiger partial charge in [0.25, 0.3) is 0 Å². The molecule has 0 aliphatic carbocycles. The molecule has 1 unspecified atom stereocenters. The molecule has 1 fully saturated rings. The zero-order chi connectivity index (χ0) is 17.0. The van der Waals surface area contributed by atoms with Crippen LogP contribution in [0.2, 0.25) is 0 Å². The van der Waals surface area contributed by atoms with Gasteiger partial charge in [-0.15, -0.1) is 0 Å². The molecule has 4 nitrogen and oxygen atoms in total. The van der Waals surface area contributed by atoms with E-state index in [0.717, 1.165) is 29.9 Å². The lowest BCUT2D eigenvalue weighted by Gasteiger charge is -2.42. The molecule has 1 aliphatic heterocycles. The fourth-order valence-electron chi connectivity index (χ4n) is 3.23. The van der Waals surface area contributed by atoms with Gasteiger partial charge in [-0.25, -0.2) is 4.39 Å². The Kier molecular flexibility index (Phi) is 5.23. The monoisotopic (exact) mass is 330 g/mol. The molecule has 1 N–H and O–H groups in total. The molecule has 1 aliphatic rings. The van der Waals surface area contributed by atoms with Gasteiger partial charge in [0.1, 0.15) is 11.4 Å². The zero-order valence-electron chi connectivity index (χ0n) is 13.9. The molecule has 1 atom stereocenters. The van der Waals surface area contributed by atoms with E-state index < -0.39 is 5.60 Å². The summed E-state index contributed by atoms with van der Waals surface area (Å²) < 4.78 is 19.4. The molecule has 0 spiro atoms. The first kappa shape index (κ1) is 17.0. The zero-order valence-corrected chi connectivity index (χ0v) is 13.9. The highest BCUT2D eigenvalue weighted by Gasteiger charge is 2.36. The normalized spacial score (nSPS) is 21.8. The number of hydrogen-bond donors (Lipinski definition) is 1. The summed E-state index contributed by atoms with van der Waals surface area (Å²) in [5, 5.41) is 9.95. The van der Waals surface area contributed by atoms with Gasteiger partial charge in [-0.2, -0.15) is 0 Å². The van der Waals surface area contributed by atoms with E-state index in [9.17, 15) is 9.50 Å². The van der Waals surface area contributed by atoms with E-state index in [-0.39, 0.29) is 12.4 Å². The van der Waals surface area contributed by atoms with Crippen LogP contribution in [0.3, 0.4) is 0 Å². The van der Waals surface area contributed by atoms with Crippen LogP contribution in [0, 0.1) is 12.7 Å². The highest BCUT2D eigenvalue weighted by atomic mass is 19.1. The van der Waals surface area contributed by atoms with Crippen LogP contribution < -0.4 is 0 Å². The van der Waals surface area contributed by atoms with Crippen LogP contribution in [-0.2, 0) is 17.7 Å². The first-order valence-corrected chi connectivity index (χ1v) is 8.22. The Hall–Kier alpha value is -1.82. The SMILES string of the molecule is Cc1cccnc1CN1CCOC(CO)(Cc2cccc(F)c2)C1. The van der Waals surface area contributed by atoms with Crippen molar-refractivity contribution in [1.82, 2.24) is 9.88 Å². The molecule has 1 aromatic carbocycles. The van der Waals surface area contributed by atoms with Crippen molar-refractivity contribution >= 4 is 0 Å². The molecule has 0 radical (unpaired) electrons. The van der Waals surface area contributed by atoms with Crippen molar-refractivity contribution in [3.63, 3.8) is 0 Å². The molecule has 2 aromatic rings. The number of halogens is 1. The lowest BCUT2D eigenvalue weighted by molar-refractivity contribution is -0.134. The second kappa shape index (κ2) is 7.38. The molecular formula is C19H23FN2O2. The Morgan fingerprint density at radius 2 is 2.21 bits per heavy atom. The third kappa shape index (κ3) is 3.98. The Morgan fingerprint density at radius 3 is 2.96 bits per heavy atom. The van der Waals surface area contributed by atoms with Gasteiger partial charge in [0.05, 0.1) is 18.9 Å². The molecule has 128 valence electrons. The summed E-state index contributed by atoms with van der Waals surface area (Å²) >= 11 is 0. The van der Waals surface area contributed by atoms with Gasteiger partial charge in [-0.1, -0.05) is 18.2 Å². The van der Waals surface area contributed by atoms with Crippen LogP contribution in [0.5, 0.6) is 0 Å². The first-order valence-electron chi connectivity index (χ1n) is 8.22. The van der Waals surface area contributed by atoms with Gasteiger partial charge in [-0.3, -0.25) is 9.88 Å². The molecule has 1 aromatic heterocycles. The second-order valence-electron chi connectivity index (χ2n) is 6.47. The van der Waals surface area contributed by atoms with E-state index in [0.29, 0.717) is 19.6 Å². The standard InChI is InChI=1S/C19H23FN2O2/c1-15-4-3-7-21-18(15)12-22-8-9-24-19(13-22,14-23)11-16-5-2-6-17(20)10-16/h2-7,10,23H,8-9,11-14H2,1H3. The van der Waals surface area contributed by atoms with Crippen LogP contribution in [0.15, 0.2) is 42.6 Å². The third-order valence-electron chi connectivity index (χ3n) is 4.52. The minimum Gasteiger partial charge on any atom is -0.393 e. The highest BCUT2D eigenvalue weighted by Crippen LogP contribution is 2.24. The molecule has 1 saturated heterocycles. The van der Waals surface area contributed by atoms with E-state index in [4.69, 9.17) is 4.74 Å². The predicted octanol–water partition coefficient (Wildman–Crippen LogP) is 2.34. The van der Waals surface area contributed by atoms with E-state index in [2.05, 4.69) is 22.9 Å². The summed E-state index contributed by atoms with van der Waals surface area (Å²) in [5.74, 6) is -0.266. The van der Waals surface area contributed by atoms with Gasteiger partial charge in [0, 0.05) is 32.3 Å². The lowest BCUT2D eigenvalue weighted by atomic mass is 9.93. The maximum absolute atomic E-state index is 13.4. The third-order valence-corrected chi connectivity index (χ3v) is 4.52. The Labute approximate surface area is 141 Å². The number of morpholine rings is 1. The summed E-state index contributed by atoms with van der Waals surface area (Å²) in [4.78, 5) is 6.69. The van der Waals surface area contributed by atoms with Crippen molar-refractivity contribution < 1.29 is 14.2 Å². The lowest BCUT2D eigenvalue weighted by Crippen LogP contribution is -2.55. The fraction of sp³-hybridized carbons (Fsp3) is 0.421. The molecule has 5 heteroatoms. The Balaban J connectivity index is 1.73. The summed E-state index contributed by atoms with van der Waals surface area (Å²) in [6.07, 6.45) is 2.29. The number of aliphatic hydroxyl groups excluding tert-OH is 1. The predicted molar refractivity (Wildman–Crippen MR) is 90.1 cm³/mol. The second-order valence-corrected chi connectivity index (χ2v) is 6.47. The molecule has 2 heterocycles. The number of aromatic nitrogens is 1. The van der Waals surface area contributed by atoms with Crippen LogP contribution in [0.4, 0.5) is 4.39 Å². The molecular weight excluding hydrogens is 307 g/mol. The molecule has 0 amide bonds. The van der Waals surface area contributed by atoms with E-state index in [1.54, 1.807) is 12.3 Å². The van der Waals surface area contributed by atoms with Gasteiger partial charge >= 0.3 is 0 Å². The largest absolute Gasteiger partial charge is 0.393 e. The summed E-state index contributed by atoms with van der Waals surface area (Å²) in [5.41, 5.74) is 2.33. The number of aliphatic hydroxyl groups is 1. The summed E-state index contributed by atoms with van der Waals surface area (Å²) in [7, 11) is 0. The van der Waals surface area contributed by atoms with Crippen LogP contribution >= 0.6 is 0 Å². The van der Waals surface area contributed by atoms with E-state index in [1.807, 2.05) is 12.1 Å². The van der Waals surface area contributed by atoms with Gasteiger partial charge in [0.2, 0.25) is 0 Å². The molecule has 3 rings (SSSR count). The maximum Gasteiger partial charge on any atom is 0.123 e. The number of benzene rings is 1. The summed E-state index contributed by atoms with van der Waals surface area (Å²) in [6.45, 7) is 4.61. The smallest absolute Gasteiger partial charge is 0.123 e. The number of pyridine rings is 1. The minimum absolute atomic E-state index is 0.0960. The highest BCUT2D eigenvalue weighted by molar-refractivity contribution is 5.20. The van der Waals surface area contributed by atoms with Crippen LogP contribution in [0.1, 0.15) is 16.8 Å². The average Bonchev–Trinajstić information content (AvgIpc) is 2.57. The van der Waals surface area contributed by atoms with E-state index >= 15 is 0 Å². The summed E-state index contributed by atoms with van der Waals surface area (Å²) in [6, 6.07) is 10.5. The van der Waals surface area contributed by atoms with Crippen molar-refractivity contribution in [3.8, 4) is 0 Å². The van der Waals surface area contributed by atoms with Crippen molar-refractivity contribution in [2.75, 3.05) is 26.3 Å². The quantitative estimate of drug-likeness (QED) is 0.914. The van der Waals surface area contributed by atoms with E-state index in [1.165, 1.54) is 12.1 Å². The number of ether oxygens (including phenoxy) is 1. The van der Waals surface area contributed by atoms with Crippen LogP contribution in [-0.4, -0.2) is 46.9 Å². The molecule has 0 bridgehead atoms. The minimum atomic E-state index is -0.700. The van der Waals surface area contributed by atoms with Gasteiger partial charge in [-0.05, 0) is 36.2 Å². The number of rotatable bonds is 5. The molecule has 24 heavy (non-hydrogen) atoms.